The number of rotatable bonds is 4. The quantitative estimate of drug-likeness (QED) is 0.741. The van der Waals surface area contributed by atoms with E-state index < -0.39 is 5.97 Å². The fourth-order valence-electron chi connectivity index (χ4n) is 2.96. The third kappa shape index (κ3) is 3.24. The highest BCUT2D eigenvalue weighted by Gasteiger charge is 2.31. The molecule has 0 aliphatic carbocycles. The van der Waals surface area contributed by atoms with Crippen molar-refractivity contribution in [3.8, 4) is 10.7 Å². The zero-order valence-electron chi connectivity index (χ0n) is 14.0. The molecule has 4 rings (SSSR count). The Hall–Kier alpha value is -3.33. The minimum Gasteiger partial charge on any atom is -0.480 e. The molecule has 3 heterocycles. The van der Waals surface area contributed by atoms with Crippen molar-refractivity contribution in [1.82, 2.24) is 14.9 Å². The number of carboxylic acids is 1. The second-order valence-corrected chi connectivity index (χ2v) is 7.00. The molecule has 9 heteroatoms. The maximum absolute atomic E-state index is 12.4. The molecule has 1 fully saturated rings. The lowest BCUT2D eigenvalue weighted by atomic mass is 10.3. The topological polar surface area (TPSA) is 104 Å². The first-order valence-electron chi connectivity index (χ1n) is 8.17. The van der Waals surface area contributed by atoms with Gasteiger partial charge in [-0.2, -0.15) is 4.98 Å². The van der Waals surface area contributed by atoms with Crippen molar-refractivity contribution in [3.05, 3.63) is 52.9 Å². The molecule has 0 atom stereocenters. The number of pyridine rings is 1. The van der Waals surface area contributed by atoms with E-state index in [4.69, 9.17) is 5.11 Å². The number of nitrogens with zero attached hydrogens (tertiary/aromatic N) is 4. The summed E-state index contributed by atoms with van der Waals surface area (Å²) in [5.41, 5.74) is 0.758. The molecule has 1 aliphatic rings. The predicted molar refractivity (Wildman–Crippen MR) is 101 cm³/mol. The van der Waals surface area contributed by atoms with Crippen molar-refractivity contribution < 1.29 is 14.7 Å². The Kier molecular flexibility index (Phi) is 4.28. The Labute approximate surface area is 157 Å². The maximum atomic E-state index is 12.4. The number of anilines is 1. The second kappa shape index (κ2) is 6.76. The Morgan fingerprint density at radius 3 is 2.81 bits per heavy atom. The van der Waals surface area contributed by atoms with Crippen LogP contribution < -0.4 is 10.5 Å². The molecule has 1 aromatic carbocycles. The van der Waals surface area contributed by atoms with E-state index in [0.29, 0.717) is 34.9 Å². The minimum absolute atomic E-state index is 0.323. The van der Waals surface area contributed by atoms with Crippen LogP contribution in [0.4, 0.5) is 10.5 Å². The van der Waals surface area contributed by atoms with Crippen molar-refractivity contribution in [1.29, 1.82) is 0 Å². The van der Waals surface area contributed by atoms with E-state index >= 15 is 0 Å². The lowest BCUT2D eigenvalue weighted by Gasteiger charge is -2.17. The number of aromatic nitrogens is 2. The van der Waals surface area contributed by atoms with Gasteiger partial charge in [0, 0.05) is 29.7 Å². The summed E-state index contributed by atoms with van der Waals surface area (Å²) < 4.78 is 0.810. The fraction of sp³-hybridized carbons (Fsp3) is 0.167. The number of benzene rings is 1. The fourth-order valence-corrected chi connectivity index (χ4v) is 3.92. The molecule has 2 aromatic heterocycles. The largest absolute Gasteiger partial charge is 0.480 e. The van der Waals surface area contributed by atoms with Crippen molar-refractivity contribution in [3.63, 3.8) is 0 Å². The van der Waals surface area contributed by atoms with E-state index in [1.54, 1.807) is 30.5 Å². The number of amides is 2. The van der Waals surface area contributed by atoms with Crippen LogP contribution in [0.5, 0.6) is 0 Å². The van der Waals surface area contributed by atoms with Gasteiger partial charge in [-0.1, -0.05) is 12.1 Å². The molecule has 8 nitrogen and oxygen atoms in total. The summed E-state index contributed by atoms with van der Waals surface area (Å²) in [7, 11) is 0. The van der Waals surface area contributed by atoms with Gasteiger partial charge in [0.1, 0.15) is 17.2 Å². The number of carbonyl (C=O) groups excluding carboxylic acids is 1. The summed E-state index contributed by atoms with van der Waals surface area (Å²) in [4.78, 5) is 46.7. The summed E-state index contributed by atoms with van der Waals surface area (Å²) in [6, 6.07) is 10.2. The molecule has 0 radical (unpaired) electrons. The van der Waals surface area contributed by atoms with E-state index in [1.165, 1.54) is 21.1 Å². The Balaban J connectivity index is 1.69. The number of hydrogen-bond acceptors (Lipinski definition) is 6. The van der Waals surface area contributed by atoms with Gasteiger partial charge in [0.15, 0.2) is 0 Å². The van der Waals surface area contributed by atoms with Gasteiger partial charge in [0.2, 0.25) is 0 Å². The van der Waals surface area contributed by atoms with E-state index in [0.717, 1.165) is 4.70 Å². The molecule has 0 spiro atoms. The summed E-state index contributed by atoms with van der Waals surface area (Å²) in [5.74, 6) is -1.05. The highest BCUT2D eigenvalue weighted by Crippen LogP contribution is 2.28. The number of carboxylic acid groups (broad SMARTS) is 1. The van der Waals surface area contributed by atoms with Crippen molar-refractivity contribution in [2.24, 2.45) is 0 Å². The summed E-state index contributed by atoms with van der Waals surface area (Å²) >= 11 is 1.35. The first-order chi connectivity index (χ1) is 13.0. The van der Waals surface area contributed by atoms with Crippen LogP contribution in [0.15, 0.2) is 47.4 Å². The van der Waals surface area contributed by atoms with Gasteiger partial charge in [-0.3, -0.25) is 19.5 Å². The molecule has 2 amide bonds. The highest BCUT2D eigenvalue weighted by atomic mass is 32.1. The molecule has 1 N–H and O–H groups in total. The molecular formula is C18H14N4O4S. The first-order valence-corrected chi connectivity index (χ1v) is 8.99. The molecule has 3 aromatic rings. The molecule has 136 valence electrons. The minimum atomic E-state index is -1.05. The second-order valence-electron chi connectivity index (χ2n) is 5.97. The third-order valence-corrected chi connectivity index (χ3v) is 5.29. The van der Waals surface area contributed by atoms with Crippen LogP contribution in [0.3, 0.4) is 0 Å². The number of hydrogen-bond donors (Lipinski definition) is 1. The number of aliphatic carboxylic acids is 1. The van der Waals surface area contributed by atoms with Crippen LogP contribution in [-0.2, 0) is 4.79 Å². The van der Waals surface area contributed by atoms with Crippen LogP contribution in [0.1, 0.15) is 0 Å². The van der Waals surface area contributed by atoms with E-state index in [2.05, 4.69) is 9.97 Å². The van der Waals surface area contributed by atoms with E-state index in [9.17, 15) is 14.4 Å². The molecule has 0 bridgehead atoms. The zero-order chi connectivity index (χ0) is 19.0. The highest BCUT2D eigenvalue weighted by molar-refractivity contribution is 7.21. The van der Waals surface area contributed by atoms with Gasteiger partial charge in [0.05, 0.1) is 5.39 Å². The molecule has 0 saturated carbocycles. The SMILES string of the molecule is O=C(O)CN1CCN(c2ccnc(-c3nc(=O)c4ccccc4s3)c2)C1=O. The molecule has 1 aliphatic heterocycles. The van der Waals surface area contributed by atoms with E-state index in [-0.39, 0.29) is 18.1 Å². The van der Waals surface area contributed by atoms with Gasteiger partial charge >= 0.3 is 12.0 Å². The van der Waals surface area contributed by atoms with Crippen molar-refractivity contribution >= 4 is 39.1 Å². The average molecular weight is 382 g/mol. The Morgan fingerprint density at radius 1 is 1.19 bits per heavy atom. The van der Waals surface area contributed by atoms with Crippen LogP contribution in [-0.4, -0.2) is 51.6 Å². The molecule has 27 heavy (non-hydrogen) atoms. The summed E-state index contributed by atoms with van der Waals surface area (Å²) in [5, 5.41) is 9.92. The standard InChI is InChI=1S/C18H14N4O4S/c23-15(24)10-21-7-8-22(18(21)26)11-5-6-19-13(9-11)17-20-16(25)12-3-1-2-4-14(12)27-17/h1-6,9H,7-8,10H2,(H,23,24). The smallest absolute Gasteiger partial charge is 0.325 e. The Bertz CT molecular complexity index is 1110. The number of urea groups is 1. The van der Waals surface area contributed by atoms with Crippen LogP contribution in [0.25, 0.3) is 20.8 Å². The summed E-state index contributed by atoms with van der Waals surface area (Å²) in [6.45, 7) is 0.391. The Morgan fingerprint density at radius 2 is 2.00 bits per heavy atom. The first kappa shape index (κ1) is 17.1. The lowest BCUT2D eigenvalue weighted by molar-refractivity contribution is -0.137. The molecule has 1 saturated heterocycles. The van der Waals surface area contributed by atoms with Gasteiger partial charge in [-0.15, -0.1) is 11.3 Å². The van der Waals surface area contributed by atoms with Crippen LogP contribution in [0, 0.1) is 0 Å². The molecule has 0 unspecified atom stereocenters. The predicted octanol–water partition coefficient (Wildman–Crippen LogP) is 2.05. The maximum Gasteiger partial charge on any atom is 0.325 e. The van der Waals surface area contributed by atoms with E-state index in [1.807, 2.05) is 12.1 Å². The zero-order valence-corrected chi connectivity index (χ0v) is 14.8. The van der Waals surface area contributed by atoms with Crippen LogP contribution in [0.2, 0.25) is 0 Å². The number of carbonyl (C=O) groups is 2. The third-order valence-electron chi connectivity index (χ3n) is 4.22. The normalized spacial score (nSPS) is 14.1. The van der Waals surface area contributed by atoms with Crippen LogP contribution >= 0.6 is 11.3 Å². The van der Waals surface area contributed by atoms with Gasteiger partial charge < -0.3 is 10.0 Å². The average Bonchev–Trinajstić information content (AvgIpc) is 3.02. The van der Waals surface area contributed by atoms with Crippen molar-refractivity contribution in [2.45, 2.75) is 0 Å². The van der Waals surface area contributed by atoms with Crippen molar-refractivity contribution in [2.75, 3.05) is 24.5 Å². The lowest BCUT2D eigenvalue weighted by Crippen LogP contribution is -2.35. The number of fused-ring (bicyclic) bond motifs is 1. The molecular weight excluding hydrogens is 368 g/mol. The summed E-state index contributed by atoms with van der Waals surface area (Å²) in [6.07, 6.45) is 1.55. The van der Waals surface area contributed by atoms with Gasteiger partial charge in [-0.25, -0.2) is 4.79 Å². The van der Waals surface area contributed by atoms with Gasteiger partial charge in [0.25, 0.3) is 5.56 Å². The monoisotopic (exact) mass is 382 g/mol. The van der Waals surface area contributed by atoms with Gasteiger partial charge in [-0.05, 0) is 24.3 Å².